The van der Waals surface area contributed by atoms with Crippen LogP contribution in [0.15, 0.2) is 65.8 Å². The molecule has 0 aliphatic rings. The molecule has 0 aliphatic heterocycles. The van der Waals surface area contributed by atoms with E-state index in [2.05, 4.69) is 20.8 Å². The van der Waals surface area contributed by atoms with Crippen LogP contribution in [0, 0.1) is 0 Å². The van der Waals surface area contributed by atoms with Crippen molar-refractivity contribution in [3.63, 3.8) is 0 Å². The maximum Gasteiger partial charge on any atom is 0.214 e. The van der Waals surface area contributed by atoms with Crippen molar-refractivity contribution in [2.45, 2.75) is 24.7 Å². The summed E-state index contributed by atoms with van der Waals surface area (Å²) in [6.07, 6.45) is 0.936. The van der Waals surface area contributed by atoms with E-state index >= 15 is 0 Å². The summed E-state index contributed by atoms with van der Waals surface area (Å²) in [5, 5.41) is 17.8. The Balaban J connectivity index is 1.25. The predicted octanol–water partition coefficient (Wildman–Crippen LogP) is 6.48. The first-order chi connectivity index (χ1) is 17.5. The first kappa shape index (κ1) is 26.6. The molecular formula is C25H24Cl3N5O2S. The van der Waals surface area contributed by atoms with E-state index in [1.54, 1.807) is 41.8 Å². The van der Waals surface area contributed by atoms with Crippen LogP contribution in [-0.2, 0) is 13.2 Å². The minimum atomic E-state index is 0.312. The van der Waals surface area contributed by atoms with Crippen LogP contribution < -0.4 is 14.8 Å². The van der Waals surface area contributed by atoms with Crippen LogP contribution in [-0.4, -0.2) is 39.6 Å². The highest BCUT2D eigenvalue weighted by Gasteiger charge is 2.12. The number of hydrogen-bond acceptors (Lipinski definition) is 7. The zero-order valence-electron chi connectivity index (χ0n) is 19.5. The number of nitrogens with zero attached hydrogens (tertiary/aromatic N) is 4. The number of thioether (sulfide) groups is 1. The molecule has 0 spiro atoms. The van der Waals surface area contributed by atoms with E-state index in [1.807, 2.05) is 42.5 Å². The molecule has 188 valence electrons. The van der Waals surface area contributed by atoms with Crippen LogP contribution in [0.4, 0.5) is 0 Å². The first-order valence-corrected chi connectivity index (χ1v) is 13.3. The number of nitrogens with one attached hydrogen (secondary N) is 1. The van der Waals surface area contributed by atoms with Crippen LogP contribution in [0.2, 0.25) is 15.1 Å². The van der Waals surface area contributed by atoms with Crippen LogP contribution in [0.3, 0.4) is 0 Å². The lowest BCUT2D eigenvalue weighted by Gasteiger charge is -2.14. The highest BCUT2D eigenvalue weighted by molar-refractivity contribution is 7.99. The van der Waals surface area contributed by atoms with Gasteiger partial charge in [-0.1, -0.05) is 70.8 Å². The number of tetrazole rings is 1. The average molecular weight is 565 g/mol. The molecule has 1 aromatic heterocycles. The Morgan fingerprint density at radius 1 is 0.944 bits per heavy atom. The molecular weight excluding hydrogens is 541 g/mol. The maximum absolute atomic E-state index is 6.53. The van der Waals surface area contributed by atoms with Crippen molar-refractivity contribution in [3.05, 3.63) is 86.9 Å². The van der Waals surface area contributed by atoms with E-state index in [1.165, 1.54) is 0 Å². The Kier molecular flexibility index (Phi) is 9.72. The number of rotatable bonds is 12. The van der Waals surface area contributed by atoms with Crippen molar-refractivity contribution in [2.24, 2.45) is 0 Å². The van der Waals surface area contributed by atoms with Gasteiger partial charge in [0.25, 0.3) is 0 Å². The molecule has 11 heteroatoms. The molecule has 0 radical (unpaired) electrons. The van der Waals surface area contributed by atoms with Gasteiger partial charge in [0.2, 0.25) is 5.16 Å². The normalized spacial score (nSPS) is 11.0. The van der Waals surface area contributed by atoms with Gasteiger partial charge in [0, 0.05) is 23.4 Å². The third-order valence-electron chi connectivity index (χ3n) is 5.20. The number of ether oxygens (including phenoxy) is 2. The van der Waals surface area contributed by atoms with Gasteiger partial charge in [0.1, 0.15) is 6.61 Å². The largest absolute Gasteiger partial charge is 0.493 e. The molecule has 0 amide bonds. The van der Waals surface area contributed by atoms with Crippen molar-refractivity contribution >= 4 is 46.6 Å². The molecule has 36 heavy (non-hydrogen) atoms. The van der Waals surface area contributed by atoms with E-state index in [0.717, 1.165) is 40.7 Å². The number of aromatic nitrogens is 4. The first-order valence-electron chi connectivity index (χ1n) is 11.2. The summed E-state index contributed by atoms with van der Waals surface area (Å²) in [7, 11) is 1.60. The SMILES string of the molecule is COc1cc(CNCCCSc2nnnn2-c2ccccc2)c(Cl)cc1OCc1ccc(Cl)c(Cl)c1. The second-order valence-corrected chi connectivity index (χ2v) is 10.0. The molecule has 0 unspecified atom stereocenters. The van der Waals surface area contributed by atoms with Crippen molar-refractivity contribution < 1.29 is 9.47 Å². The Hall–Kier alpha value is -2.49. The number of benzene rings is 3. The summed E-state index contributed by atoms with van der Waals surface area (Å²) in [6, 6.07) is 18.9. The van der Waals surface area contributed by atoms with Gasteiger partial charge >= 0.3 is 0 Å². The van der Waals surface area contributed by atoms with Crippen LogP contribution >= 0.6 is 46.6 Å². The van der Waals surface area contributed by atoms with Gasteiger partial charge in [-0.25, -0.2) is 0 Å². The third kappa shape index (κ3) is 7.05. The maximum atomic E-state index is 6.53. The lowest BCUT2D eigenvalue weighted by atomic mass is 10.2. The number of halogens is 3. The van der Waals surface area contributed by atoms with Gasteiger partial charge in [-0.15, -0.1) is 5.10 Å². The molecule has 7 nitrogen and oxygen atoms in total. The highest BCUT2D eigenvalue weighted by Crippen LogP contribution is 2.34. The Bertz CT molecular complexity index is 1290. The van der Waals surface area contributed by atoms with Gasteiger partial charge < -0.3 is 14.8 Å². The molecule has 1 heterocycles. The van der Waals surface area contributed by atoms with Crippen molar-refractivity contribution in [1.29, 1.82) is 0 Å². The van der Waals surface area contributed by atoms with Gasteiger partial charge in [-0.05, 0) is 64.9 Å². The quantitative estimate of drug-likeness (QED) is 0.156. The Labute approximate surface area is 229 Å². The summed E-state index contributed by atoms with van der Waals surface area (Å²) >= 11 is 20.2. The average Bonchev–Trinajstić information content (AvgIpc) is 3.36. The fraction of sp³-hybridized carbons (Fsp3) is 0.240. The molecule has 0 aliphatic carbocycles. The minimum Gasteiger partial charge on any atom is -0.493 e. The molecule has 0 bridgehead atoms. The molecule has 1 N–H and O–H groups in total. The van der Waals surface area contributed by atoms with Gasteiger partial charge in [-0.2, -0.15) is 4.68 Å². The van der Waals surface area contributed by atoms with Crippen LogP contribution in [0.1, 0.15) is 17.5 Å². The lowest BCUT2D eigenvalue weighted by molar-refractivity contribution is 0.284. The Morgan fingerprint density at radius 2 is 1.78 bits per heavy atom. The molecule has 0 saturated carbocycles. The van der Waals surface area contributed by atoms with Gasteiger partial charge in [-0.3, -0.25) is 0 Å². The summed E-state index contributed by atoms with van der Waals surface area (Å²) in [4.78, 5) is 0. The van der Waals surface area contributed by atoms with Crippen LogP contribution in [0.5, 0.6) is 11.5 Å². The number of hydrogen-bond donors (Lipinski definition) is 1. The molecule has 3 aromatic carbocycles. The summed E-state index contributed by atoms with van der Waals surface area (Å²) in [6.45, 7) is 1.73. The second kappa shape index (κ2) is 13.2. The molecule has 0 saturated heterocycles. The number of para-hydroxylation sites is 1. The number of methoxy groups -OCH3 is 1. The second-order valence-electron chi connectivity index (χ2n) is 7.72. The summed E-state index contributed by atoms with van der Waals surface area (Å²) < 4.78 is 13.2. The van der Waals surface area contributed by atoms with Gasteiger partial charge in [0.15, 0.2) is 11.5 Å². The monoisotopic (exact) mass is 563 g/mol. The molecule has 4 aromatic rings. The highest BCUT2D eigenvalue weighted by atomic mass is 35.5. The lowest BCUT2D eigenvalue weighted by Crippen LogP contribution is -2.16. The topological polar surface area (TPSA) is 74.1 Å². The third-order valence-corrected chi connectivity index (χ3v) is 7.29. The molecule has 0 atom stereocenters. The van der Waals surface area contributed by atoms with E-state index < -0.39 is 0 Å². The van der Waals surface area contributed by atoms with Gasteiger partial charge in [0.05, 0.1) is 22.8 Å². The van der Waals surface area contributed by atoms with Crippen molar-refractivity contribution in [3.8, 4) is 17.2 Å². The molecule has 0 fully saturated rings. The van der Waals surface area contributed by atoms with E-state index in [9.17, 15) is 0 Å². The fourth-order valence-electron chi connectivity index (χ4n) is 3.36. The smallest absolute Gasteiger partial charge is 0.214 e. The zero-order chi connectivity index (χ0) is 25.3. The van der Waals surface area contributed by atoms with E-state index in [0.29, 0.717) is 39.7 Å². The van der Waals surface area contributed by atoms with Crippen molar-refractivity contribution in [2.75, 3.05) is 19.4 Å². The standard InChI is InChI=1S/C25H24Cl3N5O2S/c1-34-23-13-18(21(27)14-24(23)35-16-17-8-9-20(26)22(28)12-17)15-29-10-5-11-36-25-30-31-32-33(25)19-6-3-2-4-7-19/h2-4,6-9,12-14,29H,5,10-11,15-16H2,1H3. The summed E-state index contributed by atoms with van der Waals surface area (Å²) in [5.41, 5.74) is 2.76. The van der Waals surface area contributed by atoms with Crippen molar-refractivity contribution in [1.82, 2.24) is 25.5 Å². The molecule has 4 rings (SSSR count). The Morgan fingerprint density at radius 3 is 2.56 bits per heavy atom. The van der Waals surface area contributed by atoms with E-state index in [4.69, 9.17) is 44.3 Å². The predicted molar refractivity (Wildman–Crippen MR) is 145 cm³/mol. The van der Waals surface area contributed by atoms with E-state index in [-0.39, 0.29) is 0 Å². The van der Waals surface area contributed by atoms with Crippen LogP contribution in [0.25, 0.3) is 5.69 Å². The minimum absolute atomic E-state index is 0.312. The zero-order valence-corrected chi connectivity index (χ0v) is 22.5. The summed E-state index contributed by atoms with van der Waals surface area (Å²) in [5.74, 6) is 2.04. The fourth-order valence-corrected chi connectivity index (χ4v) is 4.73.